The Morgan fingerprint density at radius 2 is 1.79 bits per heavy atom. The Balaban J connectivity index is 2.34. The lowest BCUT2D eigenvalue weighted by Gasteiger charge is -1.99. The molecule has 0 unspecified atom stereocenters. The van der Waals surface area contributed by atoms with E-state index in [1.807, 2.05) is 35.3 Å². The van der Waals surface area contributed by atoms with E-state index in [4.69, 9.17) is 5.73 Å². The van der Waals surface area contributed by atoms with E-state index in [0.29, 0.717) is 0 Å². The smallest absolute Gasteiger partial charge is 0.327 e. The van der Waals surface area contributed by atoms with Crippen molar-refractivity contribution in [2.75, 3.05) is 5.73 Å². The molecular formula is C13H11N3O3. The molecule has 0 atom stereocenters. The molecule has 0 aliphatic rings. The third-order valence-corrected chi connectivity index (χ3v) is 2.44. The summed E-state index contributed by atoms with van der Waals surface area (Å²) >= 11 is 0. The molecule has 0 radical (unpaired) electrons. The number of hydrogen-bond donors (Lipinski definition) is 3. The highest BCUT2D eigenvalue weighted by Crippen LogP contribution is 2.05. The van der Waals surface area contributed by atoms with Gasteiger partial charge in [0, 0.05) is 0 Å². The number of H-pyrrole nitrogens is 2. The van der Waals surface area contributed by atoms with Crippen LogP contribution in [0.25, 0.3) is 6.08 Å². The predicted molar refractivity (Wildman–Crippen MR) is 71.9 cm³/mol. The molecule has 4 N–H and O–H groups in total. The third-order valence-electron chi connectivity index (χ3n) is 2.44. The molecule has 0 saturated heterocycles. The molecule has 96 valence electrons. The fraction of sp³-hybridized carbons (Fsp3) is 0. The van der Waals surface area contributed by atoms with Crippen LogP contribution in [0, 0.1) is 0 Å². The van der Waals surface area contributed by atoms with Crippen molar-refractivity contribution in [3.05, 3.63) is 68.4 Å². The second kappa shape index (κ2) is 5.18. The van der Waals surface area contributed by atoms with Crippen molar-refractivity contribution in [1.29, 1.82) is 0 Å². The lowest BCUT2D eigenvalue weighted by atomic mass is 10.1. The highest BCUT2D eigenvalue weighted by molar-refractivity contribution is 6.09. The molecule has 6 heteroatoms. The Morgan fingerprint density at radius 1 is 1.11 bits per heavy atom. The summed E-state index contributed by atoms with van der Waals surface area (Å²) in [4.78, 5) is 38.4. The van der Waals surface area contributed by atoms with Gasteiger partial charge in [-0.2, -0.15) is 0 Å². The monoisotopic (exact) mass is 257 g/mol. The molecule has 0 bridgehead atoms. The quantitative estimate of drug-likeness (QED) is 0.550. The number of carbonyl (C=O) groups is 1. The van der Waals surface area contributed by atoms with Gasteiger partial charge in [-0.3, -0.25) is 19.6 Å². The Morgan fingerprint density at radius 3 is 2.42 bits per heavy atom. The first-order chi connectivity index (χ1) is 9.08. The third kappa shape index (κ3) is 2.86. The molecule has 2 rings (SSSR count). The van der Waals surface area contributed by atoms with E-state index in [2.05, 4.69) is 4.98 Å². The average Bonchev–Trinajstić information content (AvgIpc) is 2.36. The van der Waals surface area contributed by atoms with E-state index >= 15 is 0 Å². The number of rotatable bonds is 3. The number of nitrogen functional groups attached to an aromatic ring is 1. The highest BCUT2D eigenvalue weighted by atomic mass is 16.2. The molecule has 2 aromatic rings. The summed E-state index contributed by atoms with van der Waals surface area (Å²) in [6.45, 7) is 0. The van der Waals surface area contributed by atoms with Crippen molar-refractivity contribution in [2.24, 2.45) is 0 Å². The summed E-state index contributed by atoms with van der Waals surface area (Å²) in [5, 5.41) is 0. The highest BCUT2D eigenvalue weighted by Gasteiger charge is 2.12. The standard InChI is InChI=1S/C13H11N3O3/c14-11-10(12(18)16-13(19)15-11)9(17)7-6-8-4-2-1-3-5-8/h1-7H,(H4,14,15,16,18,19). The van der Waals surface area contributed by atoms with Crippen molar-refractivity contribution in [1.82, 2.24) is 9.97 Å². The topological polar surface area (TPSA) is 109 Å². The average molecular weight is 257 g/mol. The Kier molecular flexibility index (Phi) is 3.42. The predicted octanol–water partition coefficient (Wildman–Crippen LogP) is 0.541. The maximum absolute atomic E-state index is 11.9. The Bertz CT molecular complexity index is 742. The molecule has 0 aliphatic heterocycles. The van der Waals surface area contributed by atoms with Crippen LogP contribution in [-0.2, 0) is 0 Å². The Labute approximate surface area is 107 Å². The van der Waals surface area contributed by atoms with Crippen molar-refractivity contribution in [2.45, 2.75) is 0 Å². The van der Waals surface area contributed by atoms with Crippen LogP contribution in [-0.4, -0.2) is 15.8 Å². The first-order valence-corrected chi connectivity index (χ1v) is 5.47. The number of carbonyl (C=O) groups excluding carboxylic acids is 1. The van der Waals surface area contributed by atoms with Gasteiger partial charge < -0.3 is 5.73 Å². The van der Waals surface area contributed by atoms with Gasteiger partial charge in [-0.15, -0.1) is 0 Å². The number of aromatic amines is 2. The van der Waals surface area contributed by atoms with Crippen LogP contribution < -0.4 is 17.0 Å². The molecule has 0 fully saturated rings. The maximum atomic E-state index is 11.9. The normalized spacial score (nSPS) is 10.7. The minimum Gasteiger partial charge on any atom is -0.384 e. The summed E-state index contributed by atoms with van der Waals surface area (Å²) in [6, 6.07) is 9.12. The van der Waals surface area contributed by atoms with Crippen molar-refractivity contribution >= 4 is 17.7 Å². The van der Waals surface area contributed by atoms with Gasteiger partial charge >= 0.3 is 5.69 Å². The first kappa shape index (κ1) is 12.6. The Hall–Kier alpha value is -2.89. The summed E-state index contributed by atoms with van der Waals surface area (Å²) in [7, 11) is 0. The summed E-state index contributed by atoms with van der Waals surface area (Å²) in [6.07, 6.45) is 2.79. The number of hydrogen-bond acceptors (Lipinski definition) is 4. The van der Waals surface area contributed by atoms with E-state index in [-0.39, 0.29) is 11.4 Å². The lowest BCUT2D eigenvalue weighted by Crippen LogP contribution is -2.29. The number of anilines is 1. The van der Waals surface area contributed by atoms with E-state index < -0.39 is 17.0 Å². The fourth-order valence-electron chi connectivity index (χ4n) is 1.57. The second-order valence-corrected chi connectivity index (χ2v) is 3.81. The number of nitrogens with one attached hydrogen (secondary N) is 2. The summed E-state index contributed by atoms with van der Waals surface area (Å²) < 4.78 is 0. The second-order valence-electron chi connectivity index (χ2n) is 3.81. The van der Waals surface area contributed by atoms with Gasteiger partial charge in [-0.1, -0.05) is 36.4 Å². The molecule has 1 heterocycles. The van der Waals surface area contributed by atoms with Crippen LogP contribution in [0.15, 0.2) is 46.0 Å². The van der Waals surface area contributed by atoms with Crippen LogP contribution in [0.2, 0.25) is 0 Å². The van der Waals surface area contributed by atoms with Gasteiger partial charge in [0.15, 0.2) is 5.78 Å². The first-order valence-electron chi connectivity index (χ1n) is 5.47. The maximum Gasteiger partial charge on any atom is 0.327 e. The van der Waals surface area contributed by atoms with Gasteiger partial charge in [0.2, 0.25) is 0 Å². The molecule has 1 aromatic carbocycles. The summed E-state index contributed by atoms with van der Waals surface area (Å²) in [5.74, 6) is -0.810. The summed E-state index contributed by atoms with van der Waals surface area (Å²) in [5.41, 5.74) is 4.46. The van der Waals surface area contributed by atoms with E-state index in [1.54, 1.807) is 6.08 Å². The van der Waals surface area contributed by atoms with Crippen LogP contribution in [0.5, 0.6) is 0 Å². The minimum atomic E-state index is -0.802. The van der Waals surface area contributed by atoms with Crippen molar-refractivity contribution in [3.63, 3.8) is 0 Å². The lowest BCUT2D eigenvalue weighted by molar-refractivity contribution is 0.104. The minimum absolute atomic E-state index is 0.239. The number of benzene rings is 1. The van der Waals surface area contributed by atoms with Gasteiger partial charge in [0.25, 0.3) is 5.56 Å². The van der Waals surface area contributed by atoms with Crippen molar-refractivity contribution < 1.29 is 4.79 Å². The van der Waals surface area contributed by atoms with E-state index in [0.717, 1.165) is 5.56 Å². The van der Waals surface area contributed by atoms with E-state index in [1.165, 1.54) is 6.08 Å². The molecule has 0 spiro atoms. The fourth-order valence-corrected chi connectivity index (χ4v) is 1.57. The largest absolute Gasteiger partial charge is 0.384 e. The number of aromatic nitrogens is 2. The van der Waals surface area contributed by atoms with E-state index in [9.17, 15) is 14.4 Å². The molecule has 19 heavy (non-hydrogen) atoms. The zero-order valence-corrected chi connectivity index (χ0v) is 9.84. The molecule has 0 amide bonds. The van der Waals surface area contributed by atoms with Crippen LogP contribution in [0.4, 0.5) is 5.82 Å². The SMILES string of the molecule is Nc1[nH]c(=O)[nH]c(=O)c1C(=O)C=Cc1ccccc1. The number of nitrogens with two attached hydrogens (primary N) is 1. The molecule has 1 aromatic heterocycles. The molecule has 0 saturated carbocycles. The molecular weight excluding hydrogens is 246 g/mol. The zero-order valence-electron chi connectivity index (χ0n) is 9.84. The van der Waals surface area contributed by atoms with Gasteiger partial charge in [-0.05, 0) is 11.6 Å². The number of allylic oxidation sites excluding steroid dienone is 1. The van der Waals surface area contributed by atoms with Gasteiger partial charge in [0.05, 0.1) is 0 Å². The molecule has 0 aliphatic carbocycles. The van der Waals surface area contributed by atoms with Gasteiger partial charge in [0.1, 0.15) is 11.4 Å². The van der Waals surface area contributed by atoms with Crippen molar-refractivity contribution in [3.8, 4) is 0 Å². The molecule has 6 nitrogen and oxygen atoms in total. The van der Waals surface area contributed by atoms with Crippen LogP contribution in [0.3, 0.4) is 0 Å². The van der Waals surface area contributed by atoms with Crippen LogP contribution >= 0.6 is 0 Å². The van der Waals surface area contributed by atoms with Crippen LogP contribution in [0.1, 0.15) is 15.9 Å². The number of ketones is 1. The zero-order chi connectivity index (χ0) is 13.8. The van der Waals surface area contributed by atoms with Gasteiger partial charge in [-0.25, -0.2) is 4.79 Å².